The molecule has 40 heavy (non-hydrogen) atoms. The van der Waals surface area contributed by atoms with E-state index in [1.54, 1.807) is 62.4 Å². The van der Waals surface area contributed by atoms with Crippen LogP contribution >= 0.6 is 11.6 Å². The number of anilines is 1. The van der Waals surface area contributed by atoms with Gasteiger partial charge in [0.2, 0.25) is 10.0 Å². The molecule has 10 nitrogen and oxygen atoms in total. The van der Waals surface area contributed by atoms with Gasteiger partial charge in [0.25, 0.3) is 0 Å². The highest BCUT2D eigenvalue weighted by Gasteiger charge is 2.27. The molecule has 3 aromatic carbocycles. The van der Waals surface area contributed by atoms with Crippen molar-refractivity contribution in [1.82, 2.24) is 5.32 Å². The van der Waals surface area contributed by atoms with Crippen LogP contribution in [0.15, 0.2) is 65.1 Å². The van der Waals surface area contributed by atoms with Crippen molar-refractivity contribution < 1.29 is 36.9 Å². The van der Waals surface area contributed by atoms with Crippen LogP contribution in [0.3, 0.4) is 0 Å². The summed E-state index contributed by atoms with van der Waals surface area (Å²) in [6, 6.07) is 17.0. The van der Waals surface area contributed by atoms with Crippen molar-refractivity contribution in [3.63, 3.8) is 0 Å². The Kier molecular flexibility index (Phi) is 8.77. The molecule has 1 heterocycles. The van der Waals surface area contributed by atoms with Gasteiger partial charge in [-0.25, -0.2) is 13.2 Å². The Hall–Kier alpha value is -3.93. The summed E-state index contributed by atoms with van der Waals surface area (Å²) >= 11 is 6.20. The lowest BCUT2D eigenvalue weighted by Crippen LogP contribution is -2.33. The van der Waals surface area contributed by atoms with Gasteiger partial charge in [-0.15, -0.1) is 0 Å². The van der Waals surface area contributed by atoms with Crippen LogP contribution in [0.4, 0.5) is 10.5 Å². The summed E-state index contributed by atoms with van der Waals surface area (Å²) in [5.41, 5.74) is 0.973. The number of aliphatic hydroxyl groups excluding tert-OH is 1. The predicted octanol–water partition coefficient (Wildman–Crippen LogP) is 5.81. The molecule has 0 aliphatic heterocycles. The van der Waals surface area contributed by atoms with Crippen molar-refractivity contribution in [2.75, 3.05) is 30.8 Å². The van der Waals surface area contributed by atoms with E-state index < -0.39 is 22.7 Å². The van der Waals surface area contributed by atoms with Crippen LogP contribution in [0.5, 0.6) is 23.0 Å². The zero-order chi connectivity index (χ0) is 29.0. The number of ether oxygens (including phenoxy) is 3. The van der Waals surface area contributed by atoms with Crippen molar-refractivity contribution in [3.8, 4) is 34.3 Å². The molecule has 12 heteroatoms. The molecule has 0 unspecified atom stereocenters. The van der Waals surface area contributed by atoms with E-state index in [1.165, 1.54) is 13.1 Å². The zero-order valence-corrected chi connectivity index (χ0v) is 23.9. The van der Waals surface area contributed by atoms with E-state index in [4.69, 9.17) is 30.2 Å². The van der Waals surface area contributed by atoms with Crippen molar-refractivity contribution in [1.29, 1.82) is 0 Å². The lowest BCUT2D eigenvalue weighted by atomic mass is 10.1. The van der Waals surface area contributed by atoms with Crippen LogP contribution in [0, 0.1) is 0 Å². The monoisotopic (exact) mass is 588 g/mol. The minimum Gasteiger partial charge on any atom is -0.489 e. The van der Waals surface area contributed by atoms with Crippen LogP contribution in [-0.4, -0.2) is 52.2 Å². The number of hydrogen-bond acceptors (Lipinski definition) is 8. The molecule has 0 aliphatic rings. The summed E-state index contributed by atoms with van der Waals surface area (Å²) in [6.07, 6.45) is -0.00507. The molecule has 1 amide bonds. The maximum absolute atomic E-state index is 12.6. The van der Waals surface area contributed by atoms with Crippen molar-refractivity contribution in [2.45, 2.75) is 20.0 Å². The number of carbonyl (C=O) groups is 1. The molecule has 0 saturated heterocycles. The standard InChI is InChI=1S/C28H29ClN2O8S/c1-17(2)36-25-15-20-24(16-22(25)31(13-14-32)40(4,34)35)38-26(27(20)39-28(33)30-3)18-9-11-19(12-10-18)37-23-8-6-5-7-21(23)29/h5-12,15-17,32H,13-14H2,1-4H3,(H,30,33). The van der Waals surface area contributed by atoms with Gasteiger partial charge >= 0.3 is 6.09 Å². The summed E-state index contributed by atoms with van der Waals surface area (Å²) in [4.78, 5) is 12.3. The average Bonchev–Trinajstić information content (AvgIpc) is 3.24. The number of nitrogens with zero attached hydrogens (tertiary/aromatic N) is 1. The van der Waals surface area contributed by atoms with Crippen LogP contribution < -0.4 is 23.8 Å². The number of amides is 1. The molecule has 2 N–H and O–H groups in total. The van der Waals surface area contributed by atoms with Gasteiger partial charge < -0.3 is 29.1 Å². The smallest absolute Gasteiger partial charge is 0.412 e. The van der Waals surface area contributed by atoms with E-state index in [0.29, 0.717) is 27.5 Å². The van der Waals surface area contributed by atoms with Gasteiger partial charge in [-0.2, -0.15) is 0 Å². The number of para-hydroxylation sites is 1. The molecule has 0 atom stereocenters. The second-order valence-corrected chi connectivity index (χ2v) is 11.3. The fraction of sp³-hybridized carbons (Fsp3) is 0.250. The summed E-state index contributed by atoms with van der Waals surface area (Å²) in [6.45, 7) is 2.98. The number of halogens is 1. The number of rotatable bonds is 10. The first-order valence-corrected chi connectivity index (χ1v) is 14.5. The number of aliphatic hydroxyl groups is 1. The third-order valence-corrected chi connectivity index (χ3v) is 7.13. The van der Waals surface area contributed by atoms with Gasteiger partial charge in [-0.1, -0.05) is 23.7 Å². The average molecular weight is 589 g/mol. The van der Waals surface area contributed by atoms with Crippen LogP contribution in [0.25, 0.3) is 22.3 Å². The molecule has 212 valence electrons. The topological polar surface area (TPSA) is 128 Å². The number of benzene rings is 3. The van der Waals surface area contributed by atoms with Crippen LogP contribution in [0.2, 0.25) is 5.02 Å². The molecular formula is C28H29ClN2O8S. The number of carbonyl (C=O) groups excluding carboxylic acids is 1. The number of furan rings is 1. The highest BCUT2D eigenvalue weighted by molar-refractivity contribution is 7.92. The van der Waals surface area contributed by atoms with Gasteiger partial charge in [0, 0.05) is 18.7 Å². The number of nitrogens with one attached hydrogen (secondary N) is 1. The predicted molar refractivity (Wildman–Crippen MR) is 153 cm³/mol. The van der Waals surface area contributed by atoms with E-state index in [1.807, 2.05) is 6.07 Å². The summed E-state index contributed by atoms with van der Waals surface area (Å²) in [5, 5.41) is 12.8. The van der Waals surface area contributed by atoms with Crippen LogP contribution in [0.1, 0.15) is 13.8 Å². The largest absolute Gasteiger partial charge is 0.489 e. The molecule has 0 spiro atoms. The normalized spacial score (nSPS) is 11.5. The summed E-state index contributed by atoms with van der Waals surface area (Å²) in [5.74, 6) is 1.56. The van der Waals surface area contributed by atoms with E-state index in [-0.39, 0.29) is 41.2 Å². The Morgan fingerprint density at radius 3 is 2.40 bits per heavy atom. The first-order valence-electron chi connectivity index (χ1n) is 12.3. The van der Waals surface area contributed by atoms with Crippen LogP contribution in [-0.2, 0) is 10.0 Å². The lowest BCUT2D eigenvalue weighted by Gasteiger charge is -2.24. The summed E-state index contributed by atoms with van der Waals surface area (Å²) < 4.78 is 49.8. The maximum Gasteiger partial charge on any atom is 0.412 e. The Balaban J connectivity index is 1.86. The van der Waals surface area contributed by atoms with E-state index >= 15 is 0 Å². The minimum absolute atomic E-state index is 0.113. The second kappa shape index (κ2) is 12.1. The number of hydrogen-bond donors (Lipinski definition) is 2. The third kappa shape index (κ3) is 6.44. The van der Waals surface area contributed by atoms with Gasteiger partial charge in [0.15, 0.2) is 11.5 Å². The Morgan fingerprint density at radius 1 is 1.10 bits per heavy atom. The molecule has 0 aliphatic carbocycles. The van der Waals surface area contributed by atoms with Crippen molar-refractivity contribution in [2.24, 2.45) is 0 Å². The molecule has 0 saturated carbocycles. The fourth-order valence-corrected chi connectivity index (χ4v) is 5.04. The first-order chi connectivity index (χ1) is 19.0. The minimum atomic E-state index is -3.79. The molecule has 4 rings (SSSR count). The van der Waals surface area contributed by atoms with Gasteiger partial charge in [-0.05, 0) is 56.3 Å². The molecular weight excluding hydrogens is 560 g/mol. The van der Waals surface area contributed by atoms with E-state index in [9.17, 15) is 18.3 Å². The number of sulfonamides is 1. The molecule has 0 bridgehead atoms. The zero-order valence-electron chi connectivity index (χ0n) is 22.3. The van der Waals surface area contributed by atoms with Crippen molar-refractivity contribution >= 4 is 44.4 Å². The van der Waals surface area contributed by atoms with E-state index in [2.05, 4.69) is 5.32 Å². The van der Waals surface area contributed by atoms with Gasteiger partial charge in [-0.3, -0.25) is 4.31 Å². The highest BCUT2D eigenvalue weighted by atomic mass is 35.5. The third-order valence-electron chi connectivity index (χ3n) is 5.64. The Bertz CT molecular complexity index is 1620. The molecule has 0 fully saturated rings. The molecule has 0 radical (unpaired) electrons. The van der Waals surface area contributed by atoms with Gasteiger partial charge in [0.05, 0.1) is 41.6 Å². The first kappa shape index (κ1) is 29.1. The summed E-state index contributed by atoms with van der Waals surface area (Å²) in [7, 11) is -2.36. The number of fused-ring (bicyclic) bond motifs is 1. The Morgan fingerprint density at radius 2 is 1.80 bits per heavy atom. The van der Waals surface area contributed by atoms with E-state index in [0.717, 1.165) is 10.6 Å². The van der Waals surface area contributed by atoms with Gasteiger partial charge in [0.1, 0.15) is 22.8 Å². The quantitative estimate of drug-likeness (QED) is 0.238. The lowest BCUT2D eigenvalue weighted by molar-refractivity contribution is 0.203. The Labute approximate surface area is 237 Å². The van der Waals surface area contributed by atoms with Crippen molar-refractivity contribution in [3.05, 3.63) is 65.7 Å². The maximum atomic E-state index is 12.6. The molecule has 4 aromatic rings. The highest BCUT2D eigenvalue weighted by Crippen LogP contribution is 2.45. The SMILES string of the molecule is CNC(=O)Oc1c(-c2ccc(Oc3ccccc3Cl)cc2)oc2cc(N(CCO)S(C)(=O)=O)c(OC(C)C)cc12. The second-order valence-electron chi connectivity index (χ2n) is 9.00. The molecule has 1 aromatic heterocycles. The fourth-order valence-electron chi connectivity index (χ4n) is 3.95.